The molecule has 2 saturated heterocycles. The molecule has 3 N–H and O–H groups in total. The number of hydrogen-bond donors (Lipinski definition) is 3. The van der Waals surface area contributed by atoms with E-state index in [1.165, 1.54) is 17.0 Å². The summed E-state index contributed by atoms with van der Waals surface area (Å²) in [5, 5.41) is 13.4. The molecule has 10 heteroatoms. The van der Waals surface area contributed by atoms with E-state index in [-0.39, 0.29) is 37.1 Å². The largest absolute Gasteiger partial charge is 0.465 e. The van der Waals surface area contributed by atoms with Crippen LogP contribution >= 0.6 is 0 Å². The van der Waals surface area contributed by atoms with Crippen molar-refractivity contribution < 1.29 is 28.7 Å². The van der Waals surface area contributed by atoms with E-state index in [1.54, 1.807) is 12.1 Å². The average molecular weight is 495 g/mol. The lowest BCUT2D eigenvalue weighted by atomic mass is 9.85. The second-order valence-corrected chi connectivity index (χ2v) is 9.60. The van der Waals surface area contributed by atoms with E-state index >= 15 is 0 Å². The summed E-state index contributed by atoms with van der Waals surface area (Å²) in [5.74, 6) is -1.54. The lowest BCUT2D eigenvalue weighted by Crippen LogP contribution is -2.52. The molecule has 0 spiro atoms. The van der Waals surface area contributed by atoms with Gasteiger partial charge < -0.3 is 10.0 Å². The van der Waals surface area contributed by atoms with Gasteiger partial charge in [0.05, 0.1) is 0 Å². The molecule has 4 amide bonds. The van der Waals surface area contributed by atoms with Gasteiger partial charge in [-0.1, -0.05) is 12.1 Å². The lowest BCUT2D eigenvalue weighted by Gasteiger charge is -2.33. The van der Waals surface area contributed by atoms with Gasteiger partial charge in [0, 0.05) is 30.8 Å². The van der Waals surface area contributed by atoms with Crippen LogP contribution in [-0.2, 0) is 22.7 Å². The Morgan fingerprint density at radius 1 is 1.08 bits per heavy atom. The van der Waals surface area contributed by atoms with Crippen LogP contribution in [-0.4, -0.2) is 57.9 Å². The van der Waals surface area contributed by atoms with Crippen LogP contribution in [0, 0.1) is 5.82 Å². The molecule has 188 valence electrons. The number of carbonyl (C=O) groups is 4. The SMILES string of the molecule is O=C(O)Nc1ccc(CN2CCC(c3cc(F)cc4c3CN(C3CCC(=O)NC3=O)C4=O)CC2)cc1. The van der Waals surface area contributed by atoms with Crippen molar-refractivity contribution in [1.82, 2.24) is 15.1 Å². The highest BCUT2D eigenvalue weighted by molar-refractivity contribution is 6.05. The third-order valence-electron chi connectivity index (χ3n) is 7.29. The van der Waals surface area contributed by atoms with Gasteiger partial charge in [-0.05, 0) is 79.2 Å². The number of rotatable bonds is 5. The molecule has 36 heavy (non-hydrogen) atoms. The number of likely N-dealkylation sites (tertiary alicyclic amines) is 1. The zero-order valence-corrected chi connectivity index (χ0v) is 19.6. The number of fused-ring (bicyclic) bond motifs is 1. The molecule has 3 aliphatic rings. The normalized spacial score (nSPS) is 20.9. The van der Waals surface area contributed by atoms with Gasteiger partial charge in [0.2, 0.25) is 11.8 Å². The van der Waals surface area contributed by atoms with Crippen molar-refractivity contribution in [2.45, 2.75) is 50.7 Å². The van der Waals surface area contributed by atoms with Gasteiger partial charge in [0.15, 0.2) is 0 Å². The molecule has 0 radical (unpaired) electrons. The summed E-state index contributed by atoms with van der Waals surface area (Å²) in [6.07, 6.45) is 0.959. The Labute approximate surface area is 207 Å². The van der Waals surface area contributed by atoms with Gasteiger partial charge >= 0.3 is 6.09 Å². The van der Waals surface area contributed by atoms with E-state index in [9.17, 15) is 23.6 Å². The van der Waals surface area contributed by atoms with E-state index in [0.717, 1.165) is 49.2 Å². The van der Waals surface area contributed by atoms with E-state index < -0.39 is 23.9 Å². The summed E-state index contributed by atoms with van der Waals surface area (Å²) in [6, 6.07) is 9.31. The van der Waals surface area contributed by atoms with Gasteiger partial charge in [-0.3, -0.25) is 29.9 Å². The topological polar surface area (TPSA) is 119 Å². The zero-order valence-electron chi connectivity index (χ0n) is 19.6. The summed E-state index contributed by atoms with van der Waals surface area (Å²) < 4.78 is 14.6. The summed E-state index contributed by atoms with van der Waals surface area (Å²) in [5.41, 5.74) is 3.52. The number of carboxylic acid groups (broad SMARTS) is 1. The number of imide groups is 1. The molecule has 0 aromatic heterocycles. The molecule has 9 nitrogen and oxygen atoms in total. The number of anilines is 1. The number of amides is 4. The van der Waals surface area contributed by atoms with Crippen LogP contribution in [0.4, 0.5) is 14.9 Å². The summed E-state index contributed by atoms with van der Waals surface area (Å²) in [6.45, 7) is 2.57. The number of carbonyl (C=O) groups excluding carboxylic acids is 3. The van der Waals surface area contributed by atoms with Gasteiger partial charge in [-0.25, -0.2) is 9.18 Å². The van der Waals surface area contributed by atoms with Crippen LogP contribution in [0.15, 0.2) is 36.4 Å². The molecular formula is C26H27FN4O5. The molecule has 2 aromatic carbocycles. The van der Waals surface area contributed by atoms with Crippen molar-refractivity contribution in [3.63, 3.8) is 0 Å². The Hall–Kier alpha value is -3.79. The fourth-order valence-corrected chi connectivity index (χ4v) is 5.49. The Morgan fingerprint density at radius 2 is 1.81 bits per heavy atom. The first-order valence-corrected chi connectivity index (χ1v) is 12.1. The second-order valence-electron chi connectivity index (χ2n) is 9.60. The van der Waals surface area contributed by atoms with Crippen LogP contribution in [0.5, 0.6) is 0 Å². The van der Waals surface area contributed by atoms with Crippen LogP contribution in [0.2, 0.25) is 0 Å². The number of piperidine rings is 2. The second kappa shape index (κ2) is 9.69. The van der Waals surface area contributed by atoms with E-state index in [4.69, 9.17) is 5.11 Å². The van der Waals surface area contributed by atoms with E-state index in [1.807, 2.05) is 12.1 Å². The first kappa shape index (κ1) is 23.9. The summed E-state index contributed by atoms with van der Waals surface area (Å²) in [4.78, 5) is 51.5. The van der Waals surface area contributed by atoms with Crippen molar-refractivity contribution >= 4 is 29.5 Å². The molecule has 1 unspecified atom stereocenters. The Balaban J connectivity index is 1.26. The molecule has 5 rings (SSSR count). The van der Waals surface area contributed by atoms with Crippen LogP contribution in [0.1, 0.15) is 58.6 Å². The van der Waals surface area contributed by atoms with Gasteiger partial charge in [-0.2, -0.15) is 0 Å². The number of halogens is 1. The first-order chi connectivity index (χ1) is 17.3. The quantitative estimate of drug-likeness (QED) is 0.550. The minimum absolute atomic E-state index is 0.0994. The monoisotopic (exact) mass is 494 g/mol. The number of benzene rings is 2. The maximum atomic E-state index is 14.6. The summed E-state index contributed by atoms with van der Waals surface area (Å²) in [7, 11) is 0. The molecule has 3 heterocycles. The number of hydrogen-bond acceptors (Lipinski definition) is 5. The van der Waals surface area contributed by atoms with Crippen molar-refractivity contribution in [3.8, 4) is 0 Å². The van der Waals surface area contributed by atoms with Crippen molar-refractivity contribution in [2.75, 3.05) is 18.4 Å². The third-order valence-corrected chi connectivity index (χ3v) is 7.29. The molecule has 0 saturated carbocycles. The predicted molar refractivity (Wildman–Crippen MR) is 128 cm³/mol. The molecular weight excluding hydrogens is 467 g/mol. The number of nitrogens with zero attached hydrogens (tertiary/aromatic N) is 2. The highest BCUT2D eigenvalue weighted by Crippen LogP contribution is 2.38. The Morgan fingerprint density at radius 3 is 2.47 bits per heavy atom. The smallest absolute Gasteiger partial charge is 0.409 e. The van der Waals surface area contributed by atoms with Crippen molar-refractivity contribution in [3.05, 3.63) is 64.5 Å². The van der Waals surface area contributed by atoms with Gasteiger partial charge in [-0.15, -0.1) is 0 Å². The Bertz CT molecular complexity index is 1220. The minimum atomic E-state index is -1.10. The van der Waals surface area contributed by atoms with Crippen LogP contribution in [0.3, 0.4) is 0 Å². The fraction of sp³-hybridized carbons (Fsp3) is 0.385. The molecule has 2 aromatic rings. The number of nitrogens with one attached hydrogen (secondary N) is 2. The standard InChI is InChI=1S/C26H27FN4O5/c27-17-11-19(21-14-31(25(34)20(21)12-17)22-5-6-23(32)29-24(22)33)16-7-9-30(10-8-16)13-15-1-3-18(4-2-15)28-26(35)36/h1-4,11-12,16,22,28H,5-10,13-14H2,(H,35,36)(H,29,32,33). The zero-order chi connectivity index (χ0) is 25.4. The Kier molecular flexibility index (Phi) is 6.44. The predicted octanol–water partition coefficient (Wildman–Crippen LogP) is 3.06. The van der Waals surface area contributed by atoms with E-state index in [0.29, 0.717) is 11.3 Å². The average Bonchev–Trinajstić information content (AvgIpc) is 3.16. The third kappa shape index (κ3) is 4.81. The van der Waals surface area contributed by atoms with Crippen molar-refractivity contribution in [2.24, 2.45) is 0 Å². The highest BCUT2D eigenvalue weighted by Gasteiger charge is 2.41. The summed E-state index contributed by atoms with van der Waals surface area (Å²) >= 11 is 0. The molecule has 0 bridgehead atoms. The fourth-order valence-electron chi connectivity index (χ4n) is 5.49. The maximum absolute atomic E-state index is 14.6. The molecule has 2 fully saturated rings. The minimum Gasteiger partial charge on any atom is -0.465 e. The van der Waals surface area contributed by atoms with Gasteiger partial charge in [0.1, 0.15) is 11.9 Å². The van der Waals surface area contributed by atoms with Crippen LogP contribution < -0.4 is 10.6 Å². The van der Waals surface area contributed by atoms with Gasteiger partial charge in [0.25, 0.3) is 5.91 Å². The van der Waals surface area contributed by atoms with E-state index in [2.05, 4.69) is 15.5 Å². The lowest BCUT2D eigenvalue weighted by molar-refractivity contribution is -0.136. The molecule has 3 aliphatic heterocycles. The maximum Gasteiger partial charge on any atom is 0.409 e. The van der Waals surface area contributed by atoms with Crippen LogP contribution in [0.25, 0.3) is 0 Å². The molecule has 0 aliphatic carbocycles. The highest BCUT2D eigenvalue weighted by atomic mass is 19.1. The van der Waals surface area contributed by atoms with Crippen molar-refractivity contribution in [1.29, 1.82) is 0 Å². The first-order valence-electron chi connectivity index (χ1n) is 12.1. The molecule has 1 atom stereocenters.